The van der Waals surface area contributed by atoms with Crippen LogP contribution >= 0.6 is 0 Å². The van der Waals surface area contributed by atoms with E-state index in [-0.39, 0.29) is 24.1 Å². The fraction of sp³-hybridized carbons (Fsp3) is 0.438. The molecule has 2 atom stereocenters. The molecule has 2 heterocycles. The Hall–Kier alpha value is -3.45. The van der Waals surface area contributed by atoms with Crippen LogP contribution in [0.25, 0.3) is 11.1 Å². The van der Waals surface area contributed by atoms with Gasteiger partial charge in [0.05, 0.1) is 30.9 Å². The fourth-order valence-corrected chi connectivity index (χ4v) is 6.05. The van der Waals surface area contributed by atoms with Gasteiger partial charge >= 0.3 is 5.97 Å². The van der Waals surface area contributed by atoms with Crippen LogP contribution in [-0.4, -0.2) is 40.0 Å². The van der Waals surface area contributed by atoms with Gasteiger partial charge in [0.2, 0.25) is 0 Å². The summed E-state index contributed by atoms with van der Waals surface area (Å²) < 4.78 is 27.0. The highest BCUT2D eigenvalue weighted by molar-refractivity contribution is 5.76. The topological polar surface area (TPSA) is 88.9 Å². The van der Waals surface area contributed by atoms with E-state index in [1.54, 1.807) is 26.1 Å². The molecule has 0 unspecified atom stereocenters. The highest BCUT2D eigenvalue weighted by atomic mass is 19.1. The molecule has 0 spiro atoms. The summed E-state index contributed by atoms with van der Waals surface area (Å²) in [6, 6.07) is 9.45. The van der Waals surface area contributed by atoms with Crippen molar-refractivity contribution in [2.75, 3.05) is 13.2 Å². The number of rotatable bonds is 9. The Morgan fingerprint density at radius 3 is 2.62 bits per heavy atom. The molecule has 1 aliphatic carbocycles. The predicted octanol–water partition coefficient (Wildman–Crippen LogP) is 6.27. The van der Waals surface area contributed by atoms with Gasteiger partial charge in [-0.3, -0.25) is 9.78 Å². The van der Waals surface area contributed by atoms with Crippen molar-refractivity contribution in [2.45, 2.75) is 77.2 Å². The van der Waals surface area contributed by atoms with Crippen molar-refractivity contribution in [2.24, 2.45) is 0 Å². The number of hydrogen-bond acceptors (Lipinski definition) is 5. The first-order chi connectivity index (χ1) is 18.5. The lowest BCUT2D eigenvalue weighted by molar-refractivity contribution is -0.137. The van der Waals surface area contributed by atoms with Crippen LogP contribution in [0.15, 0.2) is 36.5 Å². The second-order valence-corrected chi connectivity index (χ2v) is 11.6. The van der Waals surface area contributed by atoms with Gasteiger partial charge in [0.15, 0.2) is 0 Å². The number of aryl methyl sites for hydroxylation is 2. The minimum absolute atomic E-state index is 0.00386. The number of carboxylic acid groups (broad SMARTS) is 1. The molecule has 2 aliphatic rings. The van der Waals surface area contributed by atoms with E-state index in [4.69, 9.17) is 14.6 Å². The predicted molar refractivity (Wildman–Crippen MR) is 147 cm³/mol. The first-order valence-electron chi connectivity index (χ1n) is 13.6. The van der Waals surface area contributed by atoms with Crippen LogP contribution in [0.1, 0.15) is 78.5 Å². The number of pyridine rings is 1. The lowest BCUT2D eigenvalue weighted by Gasteiger charge is -2.20. The molecule has 0 fully saturated rings. The van der Waals surface area contributed by atoms with Gasteiger partial charge in [-0.1, -0.05) is 6.07 Å². The zero-order chi connectivity index (χ0) is 27.9. The van der Waals surface area contributed by atoms with Crippen LogP contribution in [0.4, 0.5) is 4.39 Å². The highest BCUT2D eigenvalue weighted by Gasteiger charge is 2.32. The maximum Gasteiger partial charge on any atom is 0.304 e. The van der Waals surface area contributed by atoms with Gasteiger partial charge in [0.1, 0.15) is 17.3 Å². The van der Waals surface area contributed by atoms with E-state index in [1.165, 1.54) is 0 Å². The molecule has 0 saturated carbocycles. The Morgan fingerprint density at radius 2 is 1.92 bits per heavy atom. The van der Waals surface area contributed by atoms with E-state index in [2.05, 4.69) is 18.8 Å². The van der Waals surface area contributed by atoms with Gasteiger partial charge in [0.25, 0.3) is 0 Å². The highest BCUT2D eigenvalue weighted by Crippen LogP contribution is 2.45. The van der Waals surface area contributed by atoms with E-state index < -0.39 is 11.6 Å². The van der Waals surface area contributed by atoms with Crippen LogP contribution in [0, 0.1) is 19.7 Å². The molecule has 1 aliphatic heterocycles. The summed E-state index contributed by atoms with van der Waals surface area (Å²) in [5.41, 5.74) is 7.05. The number of benzene rings is 2. The molecule has 0 bridgehead atoms. The minimum Gasteiger partial charge on any atom is -0.493 e. The molecule has 1 aromatic heterocycles. The van der Waals surface area contributed by atoms with E-state index in [0.29, 0.717) is 37.5 Å². The largest absolute Gasteiger partial charge is 0.493 e. The first kappa shape index (κ1) is 27.1. The molecule has 3 aromatic rings. The summed E-state index contributed by atoms with van der Waals surface area (Å²) in [7, 11) is 0. The Labute approximate surface area is 228 Å². The molecule has 5 rings (SSSR count). The number of ether oxygens (including phenoxy) is 2. The standard InChI is InChI=1S/C32H36FNO5/c1-18-11-23(38-10-9-32(3,4)37)12-19(2)29(18)24-7-8-26(33)30-21(5-6-25(24)30)13-20-14-27-31(34-16-20)22(17-39-27)15-28(35)36/h7-8,11-12,14,16,21-22,37H,5-6,9-10,13,15,17H2,1-4H3,(H,35,36)/t21-,22+/m0/s1. The van der Waals surface area contributed by atoms with Crippen LogP contribution in [0.2, 0.25) is 0 Å². The van der Waals surface area contributed by atoms with Crippen molar-refractivity contribution in [3.05, 3.63) is 75.9 Å². The molecule has 0 amide bonds. The SMILES string of the molecule is Cc1cc(OCCC(C)(C)O)cc(C)c1-c1ccc(F)c2c1CC[C@H]2Cc1cnc2c(c1)OC[C@H]2CC(=O)O. The van der Waals surface area contributed by atoms with Crippen LogP contribution in [0.3, 0.4) is 0 Å². The average Bonchev–Trinajstić information content (AvgIpc) is 3.44. The molecule has 6 nitrogen and oxygen atoms in total. The van der Waals surface area contributed by atoms with Gasteiger partial charge in [-0.15, -0.1) is 0 Å². The number of aromatic nitrogens is 1. The molecular weight excluding hydrogens is 497 g/mol. The van der Waals surface area contributed by atoms with Gasteiger partial charge in [-0.05, 0) is 116 Å². The van der Waals surface area contributed by atoms with Crippen molar-refractivity contribution in [1.29, 1.82) is 0 Å². The summed E-state index contributed by atoms with van der Waals surface area (Å²) >= 11 is 0. The average molecular weight is 534 g/mol. The number of halogens is 1. The summed E-state index contributed by atoms with van der Waals surface area (Å²) in [6.07, 6.45) is 4.61. The van der Waals surface area contributed by atoms with E-state index >= 15 is 4.39 Å². The molecule has 0 saturated heterocycles. The lowest BCUT2D eigenvalue weighted by atomic mass is 9.88. The number of hydrogen-bond donors (Lipinski definition) is 2. The summed E-state index contributed by atoms with van der Waals surface area (Å²) in [6.45, 7) is 8.40. The Balaban J connectivity index is 1.38. The number of nitrogens with zero attached hydrogens (tertiary/aromatic N) is 1. The maximum atomic E-state index is 15.3. The molecule has 2 N–H and O–H groups in total. The summed E-state index contributed by atoms with van der Waals surface area (Å²) in [5.74, 6) is 0.165. The second-order valence-electron chi connectivity index (χ2n) is 11.6. The Morgan fingerprint density at radius 1 is 1.18 bits per heavy atom. The third kappa shape index (κ3) is 5.78. The molecule has 39 heavy (non-hydrogen) atoms. The third-order valence-electron chi connectivity index (χ3n) is 7.88. The summed E-state index contributed by atoms with van der Waals surface area (Å²) in [4.78, 5) is 15.7. The van der Waals surface area contributed by atoms with E-state index in [0.717, 1.165) is 57.5 Å². The molecular formula is C32H36FNO5. The number of aliphatic carboxylic acids is 1. The van der Waals surface area contributed by atoms with Crippen molar-refractivity contribution in [3.63, 3.8) is 0 Å². The lowest BCUT2D eigenvalue weighted by Crippen LogP contribution is -2.21. The van der Waals surface area contributed by atoms with Crippen LogP contribution in [0.5, 0.6) is 11.5 Å². The number of carboxylic acids is 1. The van der Waals surface area contributed by atoms with Crippen LogP contribution < -0.4 is 9.47 Å². The van der Waals surface area contributed by atoms with E-state index in [9.17, 15) is 9.90 Å². The van der Waals surface area contributed by atoms with Gasteiger partial charge in [-0.25, -0.2) is 4.39 Å². The van der Waals surface area contributed by atoms with Crippen molar-refractivity contribution in [3.8, 4) is 22.6 Å². The van der Waals surface area contributed by atoms with E-state index in [1.807, 2.05) is 24.3 Å². The smallest absolute Gasteiger partial charge is 0.304 e. The molecule has 206 valence electrons. The summed E-state index contributed by atoms with van der Waals surface area (Å²) in [5, 5.41) is 19.1. The molecule has 2 aromatic carbocycles. The van der Waals surface area contributed by atoms with Crippen molar-refractivity contribution < 1.29 is 28.9 Å². The fourth-order valence-electron chi connectivity index (χ4n) is 6.05. The monoisotopic (exact) mass is 533 g/mol. The third-order valence-corrected chi connectivity index (χ3v) is 7.88. The number of aliphatic hydroxyl groups is 1. The number of carbonyl (C=O) groups is 1. The van der Waals surface area contributed by atoms with Gasteiger partial charge in [0, 0.05) is 18.5 Å². The van der Waals surface area contributed by atoms with Crippen molar-refractivity contribution >= 4 is 5.97 Å². The minimum atomic E-state index is -0.866. The second kappa shape index (κ2) is 10.6. The zero-order valence-corrected chi connectivity index (χ0v) is 23.0. The molecule has 0 radical (unpaired) electrons. The quantitative estimate of drug-likeness (QED) is 0.337. The maximum absolute atomic E-state index is 15.3. The zero-order valence-electron chi connectivity index (χ0n) is 23.0. The Bertz CT molecular complexity index is 1390. The number of fused-ring (bicyclic) bond motifs is 2. The van der Waals surface area contributed by atoms with Gasteiger partial charge < -0.3 is 19.7 Å². The Kier molecular flexibility index (Phi) is 7.38. The molecule has 7 heteroatoms. The van der Waals surface area contributed by atoms with Crippen molar-refractivity contribution in [1.82, 2.24) is 4.98 Å². The first-order valence-corrected chi connectivity index (χ1v) is 13.6. The van der Waals surface area contributed by atoms with Crippen LogP contribution in [-0.2, 0) is 17.6 Å². The normalized spacial score (nSPS) is 18.0. The van der Waals surface area contributed by atoms with Gasteiger partial charge in [-0.2, -0.15) is 0 Å².